The summed E-state index contributed by atoms with van der Waals surface area (Å²) < 4.78 is 0. The van der Waals surface area contributed by atoms with Gasteiger partial charge in [-0.05, 0) is 11.3 Å². The molecular formula is C10H12N4. The van der Waals surface area contributed by atoms with Crippen molar-refractivity contribution in [2.24, 2.45) is 0 Å². The molecular weight excluding hydrogens is 176 g/mol. The summed E-state index contributed by atoms with van der Waals surface area (Å²) in [6, 6.07) is 1.93. The van der Waals surface area contributed by atoms with Crippen LogP contribution in [0.15, 0.2) is 18.5 Å². The zero-order valence-corrected chi connectivity index (χ0v) is 8.52. The normalized spacial score (nSPS) is 11.9. The summed E-state index contributed by atoms with van der Waals surface area (Å²) >= 11 is 0. The molecule has 2 aromatic heterocycles. The van der Waals surface area contributed by atoms with Gasteiger partial charge in [-0.25, -0.2) is 0 Å². The van der Waals surface area contributed by atoms with Gasteiger partial charge in [-0.1, -0.05) is 20.8 Å². The summed E-state index contributed by atoms with van der Waals surface area (Å²) in [6.07, 6.45) is 3.46. The van der Waals surface area contributed by atoms with E-state index in [2.05, 4.69) is 41.2 Å². The molecule has 2 aromatic rings. The number of nitrogens with zero attached hydrogens (tertiary/aromatic N) is 4. The molecule has 0 atom stereocenters. The van der Waals surface area contributed by atoms with Gasteiger partial charge in [0.2, 0.25) is 0 Å². The van der Waals surface area contributed by atoms with Gasteiger partial charge in [0.1, 0.15) is 5.52 Å². The van der Waals surface area contributed by atoms with E-state index in [1.54, 1.807) is 12.4 Å². The van der Waals surface area contributed by atoms with Crippen molar-refractivity contribution >= 4 is 10.9 Å². The second-order valence-corrected chi connectivity index (χ2v) is 4.28. The maximum absolute atomic E-state index is 4.09. The van der Waals surface area contributed by atoms with E-state index in [-0.39, 0.29) is 5.41 Å². The summed E-state index contributed by atoms with van der Waals surface area (Å²) in [4.78, 5) is 4.01. The van der Waals surface area contributed by atoms with E-state index in [1.807, 2.05) is 6.07 Å². The van der Waals surface area contributed by atoms with E-state index in [4.69, 9.17) is 0 Å². The third-order valence-electron chi connectivity index (χ3n) is 2.06. The zero-order valence-electron chi connectivity index (χ0n) is 8.52. The first-order valence-electron chi connectivity index (χ1n) is 4.52. The smallest absolute Gasteiger partial charge is 0.115 e. The van der Waals surface area contributed by atoms with Gasteiger partial charge in [0.05, 0.1) is 11.9 Å². The number of fused-ring (bicyclic) bond motifs is 1. The van der Waals surface area contributed by atoms with Gasteiger partial charge in [0.25, 0.3) is 0 Å². The van der Waals surface area contributed by atoms with Crippen molar-refractivity contribution in [2.45, 2.75) is 26.2 Å². The Kier molecular flexibility index (Phi) is 1.91. The summed E-state index contributed by atoms with van der Waals surface area (Å²) in [5, 5.41) is 12.8. The molecule has 0 fully saturated rings. The highest BCUT2D eigenvalue weighted by molar-refractivity contribution is 5.79. The third-order valence-corrected chi connectivity index (χ3v) is 2.06. The molecule has 0 saturated carbocycles. The minimum Gasteiger partial charge on any atom is -0.262 e. The van der Waals surface area contributed by atoms with Crippen LogP contribution < -0.4 is 0 Å². The van der Waals surface area contributed by atoms with E-state index < -0.39 is 0 Å². The van der Waals surface area contributed by atoms with Crippen molar-refractivity contribution in [3.63, 3.8) is 0 Å². The lowest BCUT2D eigenvalue weighted by Gasteiger charge is -2.17. The average molecular weight is 188 g/mol. The highest BCUT2D eigenvalue weighted by Crippen LogP contribution is 2.25. The Hall–Kier alpha value is -1.58. The topological polar surface area (TPSA) is 51.6 Å². The first-order chi connectivity index (χ1) is 6.59. The standard InChI is InChI=1S/C10H12N4/c1-10(2,3)9-7-4-5-11-6-8(7)12-14-13-9/h4-6H,1-3H3. The Balaban J connectivity index is 2.78. The van der Waals surface area contributed by atoms with E-state index in [9.17, 15) is 0 Å². The molecule has 72 valence electrons. The second-order valence-electron chi connectivity index (χ2n) is 4.28. The Bertz CT molecular complexity index is 454. The quantitative estimate of drug-likeness (QED) is 0.631. The van der Waals surface area contributed by atoms with E-state index in [0.29, 0.717) is 0 Å². The Morgan fingerprint density at radius 3 is 2.64 bits per heavy atom. The first kappa shape index (κ1) is 8.99. The maximum Gasteiger partial charge on any atom is 0.115 e. The van der Waals surface area contributed by atoms with Gasteiger partial charge in [0, 0.05) is 17.0 Å². The number of aromatic nitrogens is 4. The van der Waals surface area contributed by atoms with Crippen molar-refractivity contribution in [2.75, 3.05) is 0 Å². The molecule has 0 aliphatic heterocycles. The molecule has 2 heterocycles. The van der Waals surface area contributed by atoms with Crippen LogP contribution >= 0.6 is 0 Å². The molecule has 0 radical (unpaired) electrons. The lowest BCUT2D eigenvalue weighted by Crippen LogP contribution is -2.15. The van der Waals surface area contributed by atoms with Gasteiger partial charge >= 0.3 is 0 Å². The summed E-state index contributed by atoms with van der Waals surface area (Å²) in [7, 11) is 0. The SMILES string of the molecule is CC(C)(C)c1nnnc2cnccc12. The van der Waals surface area contributed by atoms with Crippen LogP contribution in [0, 0.1) is 0 Å². The molecule has 0 aromatic carbocycles. The molecule has 14 heavy (non-hydrogen) atoms. The minimum absolute atomic E-state index is 0.0183. The molecule has 0 aliphatic carbocycles. The van der Waals surface area contributed by atoms with Crippen LogP contribution in [0.1, 0.15) is 26.5 Å². The Morgan fingerprint density at radius 1 is 1.14 bits per heavy atom. The largest absolute Gasteiger partial charge is 0.262 e. The van der Waals surface area contributed by atoms with Crippen molar-refractivity contribution in [1.82, 2.24) is 20.4 Å². The van der Waals surface area contributed by atoms with Gasteiger partial charge < -0.3 is 0 Å². The van der Waals surface area contributed by atoms with Crippen molar-refractivity contribution in [3.8, 4) is 0 Å². The molecule has 0 aliphatic rings. The highest BCUT2D eigenvalue weighted by atomic mass is 15.3. The molecule has 4 nitrogen and oxygen atoms in total. The van der Waals surface area contributed by atoms with Crippen molar-refractivity contribution < 1.29 is 0 Å². The predicted molar refractivity (Wildman–Crippen MR) is 53.8 cm³/mol. The van der Waals surface area contributed by atoms with Gasteiger partial charge in [-0.15, -0.1) is 10.2 Å². The monoisotopic (exact) mass is 188 g/mol. The van der Waals surface area contributed by atoms with E-state index in [1.165, 1.54) is 0 Å². The summed E-state index contributed by atoms with van der Waals surface area (Å²) in [6.45, 7) is 6.32. The van der Waals surface area contributed by atoms with Crippen LogP contribution in [0.4, 0.5) is 0 Å². The van der Waals surface area contributed by atoms with Gasteiger partial charge in [-0.3, -0.25) is 4.98 Å². The van der Waals surface area contributed by atoms with E-state index in [0.717, 1.165) is 16.6 Å². The second kappa shape index (κ2) is 2.97. The maximum atomic E-state index is 4.09. The number of rotatable bonds is 0. The lowest BCUT2D eigenvalue weighted by molar-refractivity contribution is 0.559. The molecule has 0 N–H and O–H groups in total. The average Bonchev–Trinajstić information content (AvgIpc) is 2.15. The summed E-state index contributed by atoms with van der Waals surface area (Å²) in [5.41, 5.74) is 1.74. The molecule has 0 amide bonds. The van der Waals surface area contributed by atoms with E-state index >= 15 is 0 Å². The van der Waals surface area contributed by atoms with Gasteiger partial charge in [-0.2, -0.15) is 0 Å². The fraction of sp³-hybridized carbons (Fsp3) is 0.400. The van der Waals surface area contributed by atoms with Gasteiger partial charge in [0.15, 0.2) is 0 Å². The van der Waals surface area contributed by atoms with Crippen LogP contribution in [-0.2, 0) is 5.41 Å². The fourth-order valence-electron chi connectivity index (χ4n) is 1.39. The number of pyridine rings is 1. The highest BCUT2D eigenvalue weighted by Gasteiger charge is 2.19. The molecule has 0 spiro atoms. The van der Waals surface area contributed by atoms with Crippen molar-refractivity contribution in [1.29, 1.82) is 0 Å². The van der Waals surface area contributed by atoms with Crippen LogP contribution in [-0.4, -0.2) is 20.4 Å². The molecule has 0 saturated heterocycles. The number of hydrogen-bond donors (Lipinski definition) is 0. The van der Waals surface area contributed by atoms with Crippen LogP contribution in [0.25, 0.3) is 10.9 Å². The molecule has 4 heteroatoms. The van der Waals surface area contributed by atoms with Crippen molar-refractivity contribution in [3.05, 3.63) is 24.2 Å². The van der Waals surface area contributed by atoms with Crippen LogP contribution in [0.3, 0.4) is 0 Å². The van der Waals surface area contributed by atoms with Crippen LogP contribution in [0.5, 0.6) is 0 Å². The van der Waals surface area contributed by atoms with Crippen LogP contribution in [0.2, 0.25) is 0 Å². The Morgan fingerprint density at radius 2 is 1.93 bits per heavy atom. The molecule has 0 unspecified atom stereocenters. The summed E-state index contributed by atoms with van der Waals surface area (Å²) in [5.74, 6) is 0. The lowest BCUT2D eigenvalue weighted by atomic mass is 9.90. The molecule has 0 bridgehead atoms. The Labute approximate surface area is 82.4 Å². The predicted octanol–water partition coefficient (Wildman–Crippen LogP) is 1.72. The zero-order chi connectivity index (χ0) is 10.2. The molecule has 2 rings (SSSR count). The third kappa shape index (κ3) is 1.43. The minimum atomic E-state index is -0.0183. The first-order valence-corrected chi connectivity index (χ1v) is 4.52. The number of hydrogen-bond acceptors (Lipinski definition) is 4. The fourth-order valence-corrected chi connectivity index (χ4v) is 1.39.